The van der Waals surface area contributed by atoms with Crippen molar-refractivity contribution in [1.82, 2.24) is 16.0 Å². The van der Waals surface area contributed by atoms with E-state index in [-0.39, 0.29) is 24.3 Å². The fourth-order valence-corrected chi connectivity index (χ4v) is 2.97. The van der Waals surface area contributed by atoms with Crippen LogP contribution in [0.4, 0.5) is 0 Å². The normalized spacial score (nSPS) is 13.8. The third-order valence-electron chi connectivity index (χ3n) is 3.38. The van der Waals surface area contributed by atoms with Crippen molar-refractivity contribution in [1.29, 1.82) is 0 Å². The van der Waals surface area contributed by atoms with Gasteiger partial charge in [0.2, 0.25) is 17.7 Å². The maximum absolute atomic E-state index is 12.1. The highest BCUT2D eigenvalue weighted by Gasteiger charge is 2.24. The zero-order valence-electron chi connectivity index (χ0n) is 15.7. The molecule has 13 nitrogen and oxygen atoms in total. The van der Waals surface area contributed by atoms with Crippen molar-refractivity contribution in [2.24, 2.45) is 5.73 Å². The number of carbonyl (C=O) groups excluding carboxylic acids is 3. The largest absolute Gasteiger partial charge is 0.480 e. The molecule has 0 radical (unpaired) electrons. The number of thioether (sulfide) groups is 1. The number of aliphatic hydroxyl groups excluding tert-OH is 1. The molecule has 0 aromatic carbocycles. The number of aliphatic hydroxyl groups is 2. The molecule has 0 aliphatic carbocycles. The lowest BCUT2D eigenvalue weighted by atomic mass is 10.1. The molecule has 0 saturated heterocycles. The van der Waals surface area contributed by atoms with Crippen molar-refractivity contribution < 1.29 is 44.4 Å². The van der Waals surface area contributed by atoms with Crippen LogP contribution in [0.5, 0.6) is 0 Å². The number of rotatable bonds is 14. The maximum atomic E-state index is 12.1. The Labute approximate surface area is 170 Å². The Hall–Kier alpha value is -2.42. The van der Waals surface area contributed by atoms with E-state index in [9.17, 15) is 24.0 Å². The van der Waals surface area contributed by atoms with Crippen LogP contribution < -0.4 is 21.7 Å². The Bertz CT molecular complexity index is 602. The minimum atomic E-state index is -1.77. The van der Waals surface area contributed by atoms with E-state index in [0.717, 1.165) is 18.7 Å². The van der Waals surface area contributed by atoms with Gasteiger partial charge in [0, 0.05) is 24.9 Å². The maximum Gasteiger partial charge on any atom is 0.326 e. The third-order valence-corrected chi connectivity index (χ3v) is 4.57. The summed E-state index contributed by atoms with van der Waals surface area (Å²) in [4.78, 5) is 56.8. The molecule has 0 heterocycles. The number of hydrogen-bond acceptors (Lipinski definition) is 9. The Morgan fingerprint density at radius 1 is 1.00 bits per heavy atom. The van der Waals surface area contributed by atoms with Gasteiger partial charge in [0.05, 0.1) is 6.04 Å². The third kappa shape index (κ3) is 12.6. The summed E-state index contributed by atoms with van der Waals surface area (Å²) in [5.41, 5.74) is 5.45. The van der Waals surface area contributed by atoms with Crippen molar-refractivity contribution in [2.75, 3.05) is 18.1 Å². The van der Waals surface area contributed by atoms with Crippen molar-refractivity contribution >= 4 is 41.4 Å². The standard InChI is InChI=1S/C15H26N4O9S/c1-7(20)18-9(15(27)28)2-3-11(21)19-10(13(24)17-4-12(22)23)6-29-5-8(16)14(25)26/h8-10,14,25-26H,2-6,16H2,1H3,(H,17,24)(H,18,20)(H,19,21)(H,22,23)(H,27,28)/t8-,9+,10+/m0/s1. The van der Waals surface area contributed by atoms with Crippen molar-refractivity contribution in [3.63, 3.8) is 0 Å². The molecule has 29 heavy (non-hydrogen) atoms. The number of carboxylic acids is 2. The van der Waals surface area contributed by atoms with E-state index >= 15 is 0 Å². The summed E-state index contributed by atoms with van der Waals surface area (Å²) in [7, 11) is 0. The molecule has 3 amide bonds. The molecule has 0 rings (SSSR count). The van der Waals surface area contributed by atoms with Crippen LogP contribution in [-0.4, -0.2) is 92.6 Å². The summed E-state index contributed by atoms with van der Waals surface area (Å²) in [5.74, 6) is -4.68. The van der Waals surface area contributed by atoms with Crippen LogP contribution >= 0.6 is 11.8 Å². The lowest BCUT2D eigenvalue weighted by Crippen LogP contribution is -2.50. The van der Waals surface area contributed by atoms with Gasteiger partial charge in [-0.05, 0) is 6.42 Å². The molecule has 0 aliphatic heterocycles. The number of aliphatic carboxylic acids is 2. The minimum absolute atomic E-state index is 0.0415. The van der Waals surface area contributed by atoms with Gasteiger partial charge in [-0.25, -0.2) is 4.79 Å². The molecule has 166 valence electrons. The van der Waals surface area contributed by atoms with Gasteiger partial charge in [0.25, 0.3) is 0 Å². The van der Waals surface area contributed by atoms with Gasteiger partial charge in [-0.3, -0.25) is 19.2 Å². The highest BCUT2D eigenvalue weighted by molar-refractivity contribution is 7.99. The average molecular weight is 438 g/mol. The Kier molecular flexibility index (Phi) is 12.6. The molecule has 0 bridgehead atoms. The average Bonchev–Trinajstić information content (AvgIpc) is 2.61. The van der Waals surface area contributed by atoms with Gasteiger partial charge in [-0.1, -0.05) is 0 Å². The topological polar surface area (TPSA) is 228 Å². The van der Waals surface area contributed by atoms with Crippen LogP contribution in [0.25, 0.3) is 0 Å². The smallest absolute Gasteiger partial charge is 0.326 e. The van der Waals surface area contributed by atoms with Gasteiger partial charge < -0.3 is 42.1 Å². The number of nitrogens with two attached hydrogens (primary N) is 1. The van der Waals surface area contributed by atoms with Gasteiger partial charge in [0.1, 0.15) is 18.6 Å². The minimum Gasteiger partial charge on any atom is -0.480 e. The van der Waals surface area contributed by atoms with Crippen LogP contribution in [0.3, 0.4) is 0 Å². The summed E-state index contributed by atoms with van der Waals surface area (Å²) in [5, 5.41) is 42.2. The molecule has 0 unspecified atom stereocenters. The first-order chi connectivity index (χ1) is 13.4. The van der Waals surface area contributed by atoms with Crippen molar-refractivity contribution in [2.45, 2.75) is 44.2 Å². The lowest BCUT2D eigenvalue weighted by Gasteiger charge is -2.20. The second-order valence-electron chi connectivity index (χ2n) is 5.98. The van der Waals surface area contributed by atoms with Crippen LogP contribution in [0.15, 0.2) is 0 Å². The van der Waals surface area contributed by atoms with Crippen LogP contribution in [0.2, 0.25) is 0 Å². The molecule has 0 aromatic heterocycles. The van der Waals surface area contributed by atoms with E-state index in [1.54, 1.807) is 0 Å². The first kappa shape index (κ1) is 26.6. The van der Waals surface area contributed by atoms with Crippen LogP contribution in [-0.2, 0) is 24.0 Å². The first-order valence-corrected chi connectivity index (χ1v) is 9.57. The van der Waals surface area contributed by atoms with E-state index in [2.05, 4.69) is 16.0 Å². The quantitative estimate of drug-likeness (QED) is 0.124. The lowest BCUT2D eigenvalue weighted by molar-refractivity contribution is -0.142. The number of hydrogen-bond donors (Lipinski definition) is 8. The monoisotopic (exact) mass is 438 g/mol. The van der Waals surface area contributed by atoms with Crippen molar-refractivity contribution in [3.05, 3.63) is 0 Å². The second kappa shape index (κ2) is 13.7. The summed E-state index contributed by atoms with van der Waals surface area (Å²) in [6.07, 6.45) is -2.31. The van der Waals surface area contributed by atoms with Crippen LogP contribution in [0.1, 0.15) is 19.8 Å². The van der Waals surface area contributed by atoms with Gasteiger partial charge in [0.15, 0.2) is 6.29 Å². The first-order valence-electron chi connectivity index (χ1n) is 8.42. The highest BCUT2D eigenvalue weighted by Crippen LogP contribution is 2.07. The predicted molar refractivity (Wildman–Crippen MR) is 101 cm³/mol. The Morgan fingerprint density at radius 3 is 2.10 bits per heavy atom. The van der Waals surface area contributed by atoms with Gasteiger partial charge in [-0.2, -0.15) is 11.8 Å². The molecule has 0 aliphatic rings. The summed E-state index contributed by atoms with van der Waals surface area (Å²) >= 11 is 1.02. The molecule has 0 aromatic rings. The van der Waals surface area contributed by atoms with Gasteiger partial charge >= 0.3 is 11.9 Å². The van der Waals surface area contributed by atoms with E-state index < -0.39 is 60.6 Å². The molecule has 0 spiro atoms. The van der Waals surface area contributed by atoms with Crippen molar-refractivity contribution in [3.8, 4) is 0 Å². The number of nitrogens with one attached hydrogen (secondary N) is 3. The van der Waals surface area contributed by atoms with E-state index in [1.807, 2.05) is 0 Å². The number of carboxylic acid groups (broad SMARTS) is 2. The number of amides is 3. The molecule has 3 atom stereocenters. The summed E-state index contributed by atoms with van der Waals surface area (Å²) in [6, 6.07) is -3.44. The molecule has 0 fully saturated rings. The highest BCUT2D eigenvalue weighted by atomic mass is 32.2. The summed E-state index contributed by atoms with van der Waals surface area (Å²) < 4.78 is 0. The molecular formula is C15H26N4O9S. The SMILES string of the molecule is CC(=O)N[C@H](CCC(=O)N[C@H](CSC[C@H](N)C(O)O)C(=O)NCC(=O)O)C(=O)O. The van der Waals surface area contributed by atoms with Crippen LogP contribution in [0, 0.1) is 0 Å². The fourth-order valence-electron chi connectivity index (χ4n) is 1.92. The Morgan fingerprint density at radius 2 is 1.62 bits per heavy atom. The van der Waals surface area contributed by atoms with Gasteiger partial charge in [-0.15, -0.1) is 0 Å². The molecular weight excluding hydrogens is 412 g/mol. The Balaban J connectivity index is 4.82. The zero-order chi connectivity index (χ0) is 22.6. The number of carbonyl (C=O) groups is 5. The zero-order valence-corrected chi connectivity index (χ0v) is 16.5. The molecule has 0 saturated carbocycles. The predicted octanol–water partition coefficient (Wildman–Crippen LogP) is -3.59. The molecule has 9 N–H and O–H groups in total. The van der Waals surface area contributed by atoms with E-state index in [0.29, 0.717) is 0 Å². The second-order valence-corrected chi connectivity index (χ2v) is 7.05. The molecule has 14 heteroatoms. The van der Waals surface area contributed by atoms with E-state index in [4.69, 9.17) is 26.2 Å². The van der Waals surface area contributed by atoms with E-state index in [1.165, 1.54) is 0 Å². The fraction of sp³-hybridized carbons (Fsp3) is 0.667. The summed E-state index contributed by atoms with van der Waals surface area (Å²) in [6.45, 7) is 0.457.